The van der Waals surface area contributed by atoms with E-state index < -0.39 is 0 Å². The van der Waals surface area contributed by atoms with Crippen molar-refractivity contribution in [3.05, 3.63) is 53.0 Å². The minimum absolute atomic E-state index is 0.0812. The van der Waals surface area contributed by atoms with E-state index in [4.69, 9.17) is 9.47 Å². The molecule has 3 heteroatoms. The highest BCUT2D eigenvalue weighted by atomic mass is 79.9. The summed E-state index contributed by atoms with van der Waals surface area (Å²) in [6.07, 6.45) is 3.22. The molecule has 3 rings (SSSR count). The molecule has 1 fully saturated rings. The van der Waals surface area contributed by atoms with Crippen LogP contribution in [0.3, 0.4) is 0 Å². The van der Waals surface area contributed by atoms with Crippen LogP contribution in [0.5, 0.6) is 5.75 Å². The van der Waals surface area contributed by atoms with Crippen LogP contribution >= 0.6 is 15.9 Å². The van der Waals surface area contributed by atoms with Crippen LogP contribution in [-0.4, -0.2) is 12.9 Å². The molecule has 0 spiro atoms. The summed E-state index contributed by atoms with van der Waals surface area (Å²) in [4.78, 5) is 0. The molecule has 0 radical (unpaired) electrons. The van der Waals surface area contributed by atoms with Gasteiger partial charge in [0.2, 0.25) is 0 Å². The molecule has 1 unspecified atom stereocenters. The van der Waals surface area contributed by atoms with E-state index >= 15 is 0 Å². The molecule has 20 heavy (non-hydrogen) atoms. The van der Waals surface area contributed by atoms with Gasteiger partial charge in [-0.3, -0.25) is 0 Å². The summed E-state index contributed by atoms with van der Waals surface area (Å²) >= 11 is 3.45. The van der Waals surface area contributed by atoms with Gasteiger partial charge in [-0.1, -0.05) is 40.2 Å². The van der Waals surface area contributed by atoms with E-state index in [1.54, 1.807) is 0 Å². The Labute approximate surface area is 127 Å². The van der Waals surface area contributed by atoms with Gasteiger partial charge in [0.15, 0.2) is 6.29 Å². The van der Waals surface area contributed by atoms with Gasteiger partial charge in [-0.15, -0.1) is 0 Å². The highest BCUT2D eigenvalue weighted by Crippen LogP contribution is 2.25. The Morgan fingerprint density at radius 3 is 2.15 bits per heavy atom. The maximum Gasteiger partial charge on any atom is 0.199 e. The van der Waals surface area contributed by atoms with Gasteiger partial charge in [0.05, 0.1) is 6.61 Å². The monoisotopic (exact) mass is 332 g/mol. The molecule has 0 saturated carbocycles. The van der Waals surface area contributed by atoms with Crippen molar-refractivity contribution in [3.8, 4) is 16.9 Å². The number of rotatable bonds is 3. The van der Waals surface area contributed by atoms with Crippen LogP contribution in [0, 0.1) is 0 Å². The first-order chi connectivity index (χ1) is 9.81. The van der Waals surface area contributed by atoms with E-state index in [-0.39, 0.29) is 6.29 Å². The first-order valence-electron chi connectivity index (χ1n) is 6.95. The molecule has 1 aliphatic heterocycles. The van der Waals surface area contributed by atoms with Crippen molar-refractivity contribution in [2.45, 2.75) is 25.6 Å². The zero-order chi connectivity index (χ0) is 13.8. The van der Waals surface area contributed by atoms with Gasteiger partial charge in [-0.2, -0.15) is 0 Å². The van der Waals surface area contributed by atoms with Crippen molar-refractivity contribution in [3.63, 3.8) is 0 Å². The Morgan fingerprint density at radius 2 is 1.55 bits per heavy atom. The van der Waals surface area contributed by atoms with Gasteiger partial charge >= 0.3 is 0 Å². The number of hydrogen-bond donors (Lipinski definition) is 0. The molecule has 0 N–H and O–H groups in total. The molecule has 1 atom stereocenters. The lowest BCUT2D eigenvalue weighted by atomic mass is 10.1. The lowest BCUT2D eigenvalue weighted by Gasteiger charge is -2.23. The first-order valence-corrected chi connectivity index (χ1v) is 7.75. The van der Waals surface area contributed by atoms with E-state index in [0.717, 1.165) is 29.7 Å². The molecule has 0 amide bonds. The summed E-state index contributed by atoms with van der Waals surface area (Å²) in [5, 5.41) is 0. The average molecular weight is 333 g/mol. The van der Waals surface area contributed by atoms with Crippen molar-refractivity contribution in [1.29, 1.82) is 0 Å². The summed E-state index contributed by atoms with van der Waals surface area (Å²) in [6, 6.07) is 16.5. The van der Waals surface area contributed by atoms with E-state index in [0.29, 0.717) is 0 Å². The smallest absolute Gasteiger partial charge is 0.199 e. The van der Waals surface area contributed by atoms with Crippen molar-refractivity contribution in [2.75, 3.05) is 6.61 Å². The minimum atomic E-state index is -0.0812. The van der Waals surface area contributed by atoms with E-state index in [2.05, 4.69) is 52.3 Å². The van der Waals surface area contributed by atoms with Crippen LogP contribution in [0.1, 0.15) is 19.3 Å². The van der Waals surface area contributed by atoms with Gasteiger partial charge in [0.25, 0.3) is 0 Å². The Balaban J connectivity index is 1.69. The first kappa shape index (κ1) is 13.7. The maximum atomic E-state index is 5.84. The fourth-order valence-corrected chi connectivity index (χ4v) is 2.59. The third-order valence-electron chi connectivity index (χ3n) is 3.44. The fourth-order valence-electron chi connectivity index (χ4n) is 2.32. The molecule has 104 valence electrons. The number of halogens is 1. The topological polar surface area (TPSA) is 18.5 Å². The second-order valence-electron chi connectivity index (χ2n) is 4.95. The van der Waals surface area contributed by atoms with Gasteiger partial charge in [-0.05, 0) is 48.2 Å². The molecular weight excluding hydrogens is 316 g/mol. The molecule has 0 aromatic heterocycles. The van der Waals surface area contributed by atoms with Crippen LogP contribution in [0.25, 0.3) is 11.1 Å². The Hall–Kier alpha value is -1.32. The molecule has 2 aromatic rings. The predicted octanol–water partition coefficient (Wildman–Crippen LogP) is 5.02. The van der Waals surface area contributed by atoms with Crippen molar-refractivity contribution < 1.29 is 9.47 Å². The zero-order valence-electron chi connectivity index (χ0n) is 11.2. The number of hydrogen-bond acceptors (Lipinski definition) is 2. The SMILES string of the molecule is Brc1ccc(-c2ccc(OC3CCCCO3)cc2)cc1. The minimum Gasteiger partial charge on any atom is -0.465 e. The van der Waals surface area contributed by atoms with Crippen LogP contribution in [-0.2, 0) is 4.74 Å². The van der Waals surface area contributed by atoms with Gasteiger partial charge in [0, 0.05) is 10.9 Å². The molecule has 0 aliphatic carbocycles. The van der Waals surface area contributed by atoms with Crippen molar-refractivity contribution >= 4 is 15.9 Å². The Morgan fingerprint density at radius 1 is 0.900 bits per heavy atom. The lowest BCUT2D eigenvalue weighted by Crippen LogP contribution is -2.24. The van der Waals surface area contributed by atoms with Crippen LogP contribution in [0.15, 0.2) is 53.0 Å². The standard InChI is InChI=1S/C17H17BrO2/c18-15-8-4-13(5-9-15)14-6-10-16(11-7-14)20-17-3-1-2-12-19-17/h4-11,17H,1-3,12H2. The second-order valence-corrected chi connectivity index (χ2v) is 5.86. The van der Waals surface area contributed by atoms with Gasteiger partial charge in [0.1, 0.15) is 5.75 Å². The fraction of sp³-hybridized carbons (Fsp3) is 0.294. The third kappa shape index (κ3) is 3.41. The largest absolute Gasteiger partial charge is 0.465 e. The van der Waals surface area contributed by atoms with Crippen LogP contribution in [0.4, 0.5) is 0 Å². The Bertz CT molecular complexity index is 542. The molecule has 1 aliphatic rings. The average Bonchev–Trinajstić information content (AvgIpc) is 2.50. The highest BCUT2D eigenvalue weighted by molar-refractivity contribution is 9.10. The quantitative estimate of drug-likeness (QED) is 0.785. The summed E-state index contributed by atoms with van der Waals surface area (Å²) in [6.45, 7) is 0.807. The van der Waals surface area contributed by atoms with Gasteiger partial charge < -0.3 is 9.47 Å². The highest BCUT2D eigenvalue weighted by Gasteiger charge is 2.14. The normalized spacial score (nSPS) is 18.8. The van der Waals surface area contributed by atoms with E-state index in [9.17, 15) is 0 Å². The summed E-state index contributed by atoms with van der Waals surface area (Å²) in [7, 11) is 0. The zero-order valence-corrected chi connectivity index (χ0v) is 12.8. The summed E-state index contributed by atoms with van der Waals surface area (Å²) < 4.78 is 12.5. The van der Waals surface area contributed by atoms with E-state index in [1.165, 1.54) is 17.5 Å². The number of ether oxygens (including phenoxy) is 2. The van der Waals surface area contributed by atoms with Crippen molar-refractivity contribution in [1.82, 2.24) is 0 Å². The Kier molecular flexibility index (Phi) is 4.38. The molecular formula is C17H17BrO2. The van der Waals surface area contributed by atoms with Crippen LogP contribution < -0.4 is 4.74 Å². The predicted molar refractivity (Wildman–Crippen MR) is 83.8 cm³/mol. The maximum absolute atomic E-state index is 5.84. The molecule has 0 bridgehead atoms. The molecule has 2 nitrogen and oxygen atoms in total. The third-order valence-corrected chi connectivity index (χ3v) is 3.97. The van der Waals surface area contributed by atoms with Crippen molar-refractivity contribution in [2.24, 2.45) is 0 Å². The lowest BCUT2D eigenvalue weighted by molar-refractivity contribution is -0.105. The molecule has 2 aromatic carbocycles. The number of benzene rings is 2. The van der Waals surface area contributed by atoms with Gasteiger partial charge in [-0.25, -0.2) is 0 Å². The molecule has 1 heterocycles. The summed E-state index contributed by atoms with van der Waals surface area (Å²) in [5.74, 6) is 0.873. The summed E-state index contributed by atoms with van der Waals surface area (Å²) in [5.41, 5.74) is 2.39. The van der Waals surface area contributed by atoms with Crippen LogP contribution in [0.2, 0.25) is 0 Å². The van der Waals surface area contributed by atoms with E-state index in [1.807, 2.05) is 12.1 Å². The second kappa shape index (κ2) is 6.42. The molecule has 1 saturated heterocycles.